The van der Waals surface area contributed by atoms with Crippen molar-refractivity contribution in [2.75, 3.05) is 60.8 Å². The van der Waals surface area contributed by atoms with Gasteiger partial charge in [0.2, 0.25) is 5.76 Å². The Morgan fingerprint density at radius 2 is 1.54 bits per heavy atom. The molecule has 1 aromatic rings. The van der Waals surface area contributed by atoms with Gasteiger partial charge in [0, 0.05) is 17.8 Å². The van der Waals surface area contributed by atoms with Gasteiger partial charge in [-0.3, -0.25) is 0 Å². The Morgan fingerprint density at radius 3 is 2.10 bits per heavy atom. The van der Waals surface area contributed by atoms with E-state index in [2.05, 4.69) is 56.5 Å². The van der Waals surface area contributed by atoms with Crippen LogP contribution in [0.25, 0.3) is 0 Å². The minimum atomic E-state index is -2.14. The van der Waals surface area contributed by atoms with Crippen molar-refractivity contribution in [2.45, 2.75) is 57.7 Å². The Labute approximate surface area is 246 Å². The monoisotopic (exact) mass is 682 g/mol. The smallest absolute Gasteiger partial charge is 0.378 e. The molecule has 0 radical (unpaired) electrons. The zero-order valence-electron chi connectivity index (χ0n) is 24.1. The van der Waals surface area contributed by atoms with Gasteiger partial charge in [0.25, 0.3) is 0 Å². The summed E-state index contributed by atoms with van der Waals surface area (Å²) in [5, 5.41) is -0.0157. The van der Waals surface area contributed by atoms with Crippen molar-refractivity contribution in [1.82, 2.24) is 0 Å². The van der Waals surface area contributed by atoms with Crippen molar-refractivity contribution in [3.05, 3.63) is 44.9 Å². The molecule has 222 valence electrons. The highest BCUT2D eigenvalue weighted by atomic mass is 127. The lowest BCUT2D eigenvalue weighted by molar-refractivity contribution is -0.154. The molecule has 39 heavy (non-hydrogen) atoms. The maximum atomic E-state index is 12.9. The molecule has 0 bridgehead atoms. The molecule has 10 nitrogen and oxygen atoms in total. The number of cyclic esters (lactones) is 1. The summed E-state index contributed by atoms with van der Waals surface area (Å²) < 4.78 is 52.1. The molecule has 0 saturated heterocycles. The molecule has 0 N–H and O–H groups in total. The predicted molar refractivity (Wildman–Crippen MR) is 155 cm³/mol. The van der Waals surface area contributed by atoms with Crippen molar-refractivity contribution in [2.24, 2.45) is 0 Å². The van der Waals surface area contributed by atoms with Crippen LogP contribution in [0.3, 0.4) is 0 Å². The van der Waals surface area contributed by atoms with Gasteiger partial charge in [0.05, 0.1) is 39.6 Å². The number of hydrogen-bond acceptors (Lipinski definition) is 10. The fraction of sp³-hybridized carbons (Fsp3) is 0.667. The Kier molecular flexibility index (Phi) is 14.7. The summed E-state index contributed by atoms with van der Waals surface area (Å²) in [6.07, 6.45) is -1.56. The van der Waals surface area contributed by atoms with Gasteiger partial charge in [-0.1, -0.05) is 32.9 Å². The van der Waals surface area contributed by atoms with Gasteiger partial charge in [-0.15, -0.1) is 0 Å². The van der Waals surface area contributed by atoms with Crippen molar-refractivity contribution >= 4 is 36.9 Å². The lowest BCUT2D eigenvalue weighted by Crippen LogP contribution is -2.45. The average molecular weight is 683 g/mol. The Morgan fingerprint density at radius 1 is 0.949 bits per heavy atom. The van der Waals surface area contributed by atoms with Crippen LogP contribution in [0.2, 0.25) is 18.1 Å². The Bertz CT molecular complexity index is 901. The maximum absolute atomic E-state index is 12.9. The molecule has 0 spiro atoms. The molecule has 0 unspecified atom stereocenters. The Balaban J connectivity index is 2.27. The zero-order valence-corrected chi connectivity index (χ0v) is 27.2. The van der Waals surface area contributed by atoms with Crippen molar-refractivity contribution < 1.29 is 47.1 Å². The maximum Gasteiger partial charge on any atom is 0.378 e. The molecule has 2 rings (SSSR count). The molecule has 0 fully saturated rings. The lowest BCUT2D eigenvalue weighted by Gasteiger charge is -2.37. The standard InChI is InChI=1S/C27H43IO10Si/c1-27(2,3)39(6,7)37-17-22(34-16-20-8-10-21(28)11-9-20)23-24(35-18-32-14-12-30-4)25(26(29)38-23)36-19-33-15-13-31-5/h8-11,22-23H,12-19H2,1-7H3/t22-,23+/m0/s1. The second kappa shape index (κ2) is 16.9. The number of ether oxygens (including phenoxy) is 8. The molecule has 0 aromatic heterocycles. The highest BCUT2D eigenvalue weighted by Crippen LogP contribution is 2.37. The third-order valence-electron chi connectivity index (χ3n) is 6.48. The Hall–Kier alpha value is -1.26. The first-order valence-corrected chi connectivity index (χ1v) is 16.8. The van der Waals surface area contributed by atoms with Gasteiger partial charge >= 0.3 is 5.97 Å². The molecular formula is C27H43IO10Si. The van der Waals surface area contributed by atoms with E-state index in [-0.39, 0.29) is 36.7 Å². The molecule has 1 aromatic carbocycles. The fourth-order valence-electron chi connectivity index (χ4n) is 3.10. The molecule has 0 aliphatic carbocycles. The minimum absolute atomic E-state index is 0.0157. The number of carbonyl (C=O) groups excluding carboxylic acids is 1. The van der Waals surface area contributed by atoms with Crippen molar-refractivity contribution in [1.29, 1.82) is 0 Å². The first kappa shape index (κ1) is 33.9. The lowest BCUT2D eigenvalue weighted by atomic mass is 10.1. The van der Waals surface area contributed by atoms with Crippen LogP contribution in [0.1, 0.15) is 26.3 Å². The van der Waals surface area contributed by atoms with E-state index in [9.17, 15) is 4.79 Å². The van der Waals surface area contributed by atoms with Crippen LogP contribution < -0.4 is 0 Å². The summed E-state index contributed by atoms with van der Waals surface area (Å²) in [6, 6.07) is 8.02. The van der Waals surface area contributed by atoms with Crippen LogP contribution in [0.4, 0.5) is 0 Å². The van der Waals surface area contributed by atoms with Crippen molar-refractivity contribution in [3.8, 4) is 0 Å². The largest absolute Gasteiger partial charge is 0.464 e. The third kappa shape index (κ3) is 11.3. The molecule has 1 aliphatic rings. The predicted octanol–water partition coefficient (Wildman–Crippen LogP) is 4.61. The van der Waals surface area contributed by atoms with E-state index >= 15 is 0 Å². The van der Waals surface area contributed by atoms with Crippen LogP contribution in [-0.4, -0.2) is 87.3 Å². The van der Waals surface area contributed by atoms with E-state index in [1.165, 1.54) is 0 Å². The first-order valence-electron chi connectivity index (χ1n) is 12.8. The summed E-state index contributed by atoms with van der Waals surface area (Å²) in [5.41, 5.74) is 0.981. The van der Waals surface area contributed by atoms with Crippen LogP contribution in [0.15, 0.2) is 35.8 Å². The summed E-state index contributed by atoms with van der Waals surface area (Å²) >= 11 is 2.26. The summed E-state index contributed by atoms with van der Waals surface area (Å²) in [4.78, 5) is 12.9. The molecular weight excluding hydrogens is 639 g/mol. The van der Waals surface area contributed by atoms with E-state index < -0.39 is 26.5 Å². The quantitative estimate of drug-likeness (QED) is 0.0677. The van der Waals surface area contributed by atoms with E-state index in [1.54, 1.807) is 14.2 Å². The third-order valence-corrected chi connectivity index (χ3v) is 11.7. The fourth-order valence-corrected chi connectivity index (χ4v) is 4.47. The van der Waals surface area contributed by atoms with Crippen molar-refractivity contribution in [3.63, 3.8) is 0 Å². The van der Waals surface area contributed by atoms with Crippen LogP contribution in [0.5, 0.6) is 0 Å². The number of carbonyl (C=O) groups is 1. The summed E-state index contributed by atoms with van der Waals surface area (Å²) in [6.45, 7) is 12.4. The van der Waals surface area contributed by atoms with Gasteiger partial charge in [-0.05, 0) is 58.4 Å². The highest BCUT2D eigenvalue weighted by molar-refractivity contribution is 14.1. The molecule has 1 heterocycles. The van der Waals surface area contributed by atoms with E-state index in [1.807, 2.05) is 24.3 Å². The number of hydrogen-bond donors (Lipinski definition) is 0. The van der Waals surface area contributed by atoms with Gasteiger partial charge < -0.3 is 42.3 Å². The number of methoxy groups -OCH3 is 2. The van der Waals surface area contributed by atoms with Crippen LogP contribution in [-0.2, 0) is 53.7 Å². The first-order chi connectivity index (χ1) is 18.5. The zero-order chi connectivity index (χ0) is 28.9. The second-order valence-corrected chi connectivity index (χ2v) is 16.4. The topological polar surface area (TPSA) is 100 Å². The highest BCUT2D eigenvalue weighted by Gasteiger charge is 2.45. The van der Waals surface area contributed by atoms with E-state index in [0.29, 0.717) is 33.0 Å². The minimum Gasteiger partial charge on any atom is -0.464 e. The molecule has 0 saturated carbocycles. The molecule has 12 heteroatoms. The summed E-state index contributed by atoms with van der Waals surface area (Å²) in [5.74, 6) is -0.570. The average Bonchev–Trinajstić information content (AvgIpc) is 3.19. The second-order valence-electron chi connectivity index (χ2n) is 10.4. The number of halogens is 1. The van der Waals surface area contributed by atoms with Gasteiger partial charge in [0.1, 0.15) is 6.10 Å². The van der Waals surface area contributed by atoms with Gasteiger partial charge in [-0.2, -0.15) is 0 Å². The van der Waals surface area contributed by atoms with Gasteiger partial charge in [-0.25, -0.2) is 4.79 Å². The van der Waals surface area contributed by atoms with Gasteiger partial charge in [0.15, 0.2) is 33.8 Å². The van der Waals surface area contributed by atoms with E-state index in [4.69, 9.17) is 42.3 Å². The molecule has 2 atom stereocenters. The van der Waals surface area contributed by atoms with Crippen LogP contribution >= 0.6 is 22.6 Å². The SMILES string of the molecule is COCCOCOC1=C(OCOCCOC)[C@@H]([C@H](CO[Si](C)(C)C(C)(C)C)OCc2ccc(I)cc2)OC1=O. The summed E-state index contributed by atoms with van der Waals surface area (Å²) in [7, 11) is 1.01. The molecule has 0 amide bonds. The number of benzene rings is 1. The van der Waals surface area contributed by atoms with Crippen LogP contribution in [0, 0.1) is 3.57 Å². The number of rotatable bonds is 19. The van der Waals surface area contributed by atoms with E-state index in [0.717, 1.165) is 9.13 Å². The normalized spacial score (nSPS) is 16.9. The number of esters is 1. The molecule has 1 aliphatic heterocycles.